The molecule has 9 atom stereocenters. The van der Waals surface area contributed by atoms with Crippen LogP contribution < -0.4 is 0 Å². The van der Waals surface area contributed by atoms with Crippen molar-refractivity contribution in [1.82, 2.24) is 9.78 Å². The zero-order valence-corrected chi connectivity index (χ0v) is 20.5. The lowest BCUT2D eigenvalue weighted by Crippen LogP contribution is -2.57. The van der Waals surface area contributed by atoms with Crippen LogP contribution in [0.2, 0.25) is 0 Å². The van der Waals surface area contributed by atoms with Gasteiger partial charge in [-0.25, -0.2) is 0 Å². The lowest BCUT2D eigenvalue weighted by atomic mass is 9.48. The van der Waals surface area contributed by atoms with E-state index in [9.17, 15) is 10.2 Å². The van der Waals surface area contributed by atoms with Gasteiger partial charge in [0.2, 0.25) is 0 Å². The minimum absolute atomic E-state index is 0.0584. The van der Waals surface area contributed by atoms with Crippen molar-refractivity contribution < 1.29 is 14.9 Å². The molecule has 33 heavy (non-hydrogen) atoms. The number of nitriles is 1. The number of aliphatic hydroxyl groups is 2. The number of methoxy groups -OCH3 is 1. The summed E-state index contributed by atoms with van der Waals surface area (Å²) in [6, 6.07) is 2.15. The fourth-order valence-corrected chi connectivity index (χ4v) is 9.18. The molecule has 4 saturated carbocycles. The van der Waals surface area contributed by atoms with Gasteiger partial charge in [0, 0.05) is 25.8 Å². The van der Waals surface area contributed by atoms with E-state index < -0.39 is 11.2 Å². The first-order chi connectivity index (χ1) is 15.7. The van der Waals surface area contributed by atoms with E-state index in [4.69, 9.17) is 10.00 Å². The van der Waals surface area contributed by atoms with Crippen molar-refractivity contribution in [2.75, 3.05) is 13.7 Å². The van der Waals surface area contributed by atoms with Gasteiger partial charge >= 0.3 is 0 Å². The summed E-state index contributed by atoms with van der Waals surface area (Å²) < 4.78 is 7.17. The lowest BCUT2D eigenvalue weighted by molar-refractivity contribution is -0.165. The minimum atomic E-state index is -0.691. The highest BCUT2D eigenvalue weighted by Crippen LogP contribution is 2.67. The highest BCUT2D eigenvalue weighted by Gasteiger charge is 2.64. The van der Waals surface area contributed by atoms with Crippen LogP contribution in [0.25, 0.3) is 0 Å². The molecule has 6 nitrogen and oxygen atoms in total. The molecule has 0 saturated heterocycles. The van der Waals surface area contributed by atoms with E-state index in [1.54, 1.807) is 19.5 Å². The molecule has 5 rings (SSSR count). The van der Waals surface area contributed by atoms with Crippen LogP contribution in [-0.2, 0) is 11.3 Å². The van der Waals surface area contributed by atoms with Gasteiger partial charge in [-0.05, 0) is 92.8 Å². The molecular weight excluding hydrogens is 414 g/mol. The van der Waals surface area contributed by atoms with Gasteiger partial charge in [-0.15, -0.1) is 0 Å². The lowest BCUT2D eigenvalue weighted by Gasteiger charge is -2.59. The summed E-state index contributed by atoms with van der Waals surface area (Å²) in [6.07, 6.45) is 13.0. The summed E-state index contributed by atoms with van der Waals surface area (Å²) in [6.45, 7) is 5.65. The first kappa shape index (κ1) is 23.3. The molecule has 182 valence electrons. The summed E-state index contributed by atoms with van der Waals surface area (Å²) in [4.78, 5) is 0. The van der Waals surface area contributed by atoms with Crippen molar-refractivity contribution in [2.45, 2.75) is 89.4 Å². The molecule has 0 spiro atoms. The smallest absolute Gasteiger partial charge is 0.102 e. The molecule has 0 bridgehead atoms. The average Bonchev–Trinajstić information content (AvgIpc) is 3.35. The highest BCUT2D eigenvalue weighted by molar-refractivity contribution is 5.22. The molecule has 0 aliphatic heterocycles. The topological polar surface area (TPSA) is 91.3 Å². The molecule has 2 N–H and O–H groups in total. The van der Waals surface area contributed by atoms with Gasteiger partial charge in [0.15, 0.2) is 0 Å². The van der Waals surface area contributed by atoms with Crippen LogP contribution in [0.5, 0.6) is 0 Å². The van der Waals surface area contributed by atoms with Crippen LogP contribution >= 0.6 is 0 Å². The van der Waals surface area contributed by atoms with Gasteiger partial charge in [0.25, 0.3) is 0 Å². The molecule has 0 radical (unpaired) electrons. The number of aromatic nitrogens is 2. The van der Waals surface area contributed by atoms with E-state index >= 15 is 0 Å². The molecule has 4 fully saturated rings. The Morgan fingerprint density at radius 2 is 1.94 bits per heavy atom. The second-order valence-corrected chi connectivity index (χ2v) is 12.2. The van der Waals surface area contributed by atoms with E-state index in [1.807, 2.05) is 4.68 Å². The van der Waals surface area contributed by atoms with Crippen molar-refractivity contribution >= 4 is 0 Å². The molecule has 0 amide bonds. The third-order valence-electron chi connectivity index (χ3n) is 10.8. The van der Waals surface area contributed by atoms with E-state index in [-0.39, 0.29) is 11.3 Å². The maximum atomic E-state index is 12.1. The Morgan fingerprint density at radius 3 is 2.67 bits per heavy atom. The summed E-state index contributed by atoms with van der Waals surface area (Å²) in [5.41, 5.74) is -0.806. The Bertz CT molecular complexity index is 911. The van der Waals surface area contributed by atoms with Crippen molar-refractivity contribution in [3.63, 3.8) is 0 Å². The summed E-state index contributed by atoms with van der Waals surface area (Å²) in [5.74, 6) is 3.47. The molecule has 4 aliphatic carbocycles. The van der Waals surface area contributed by atoms with Crippen LogP contribution in [0.4, 0.5) is 0 Å². The Balaban J connectivity index is 1.31. The molecule has 6 heteroatoms. The first-order valence-corrected chi connectivity index (χ1v) is 13.1. The molecule has 0 unspecified atom stereocenters. The predicted molar refractivity (Wildman–Crippen MR) is 125 cm³/mol. The number of hydrogen-bond acceptors (Lipinski definition) is 5. The Kier molecular flexibility index (Phi) is 5.91. The second-order valence-electron chi connectivity index (χ2n) is 12.2. The largest absolute Gasteiger partial charge is 0.389 e. The maximum Gasteiger partial charge on any atom is 0.102 e. The van der Waals surface area contributed by atoms with Crippen LogP contribution in [0.3, 0.4) is 0 Å². The Hall–Kier alpha value is -1.42. The fraction of sp³-hybridized carbons (Fsp3) is 0.852. The number of ether oxygens (including phenoxy) is 1. The molecule has 1 aromatic heterocycles. The van der Waals surface area contributed by atoms with Gasteiger partial charge in [-0.1, -0.05) is 13.8 Å². The zero-order chi connectivity index (χ0) is 23.4. The quantitative estimate of drug-likeness (QED) is 0.696. The number of rotatable bonds is 5. The van der Waals surface area contributed by atoms with Gasteiger partial charge < -0.3 is 14.9 Å². The summed E-state index contributed by atoms with van der Waals surface area (Å²) in [5, 5.41) is 36.6. The maximum absolute atomic E-state index is 12.1. The van der Waals surface area contributed by atoms with E-state index in [1.165, 1.54) is 19.3 Å². The number of nitrogens with zero attached hydrogens (tertiary/aromatic N) is 3. The van der Waals surface area contributed by atoms with E-state index in [0.717, 1.165) is 50.4 Å². The monoisotopic (exact) mass is 455 g/mol. The van der Waals surface area contributed by atoms with Crippen LogP contribution in [-0.4, -0.2) is 44.9 Å². The molecule has 1 heterocycles. The van der Waals surface area contributed by atoms with E-state index in [0.29, 0.717) is 36.5 Å². The molecular formula is C27H41N3O3. The fourth-order valence-electron chi connectivity index (χ4n) is 9.18. The number of fused-ring (bicyclic) bond motifs is 5. The molecule has 0 aromatic carbocycles. The van der Waals surface area contributed by atoms with E-state index in [2.05, 4.69) is 25.0 Å². The average molecular weight is 456 g/mol. The van der Waals surface area contributed by atoms with Crippen LogP contribution in [0, 0.1) is 52.3 Å². The third-order valence-corrected chi connectivity index (χ3v) is 10.8. The molecule has 4 aliphatic rings. The normalized spacial score (nSPS) is 45.5. The first-order valence-electron chi connectivity index (χ1n) is 13.1. The van der Waals surface area contributed by atoms with Crippen molar-refractivity contribution in [1.29, 1.82) is 5.26 Å². The van der Waals surface area contributed by atoms with Gasteiger partial charge in [-0.3, -0.25) is 4.68 Å². The second kappa shape index (κ2) is 8.36. The van der Waals surface area contributed by atoms with Gasteiger partial charge in [0.1, 0.15) is 6.07 Å². The summed E-state index contributed by atoms with van der Waals surface area (Å²) >= 11 is 0. The standard InChI is InChI=1S/C27H41N3O3/c1-18(15-30-16-19(13-28)14-29-30)27(32)11-8-24-23-5-4-20-12-26(31,17-33-3)10-7-21(20)22(23)6-9-25(24,27)2/h14,16,18,20-24,31-32H,4-12,15,17H2,1-3H3/t18-,20-,21+,22-,23-,24+,25+,26-,27+/m1/s1. The van der Waals surface area contributed by atoms with Crippen LogP contribution in [0.1, 0.15) is 77.2 Å². The Morgan fingerprint density at radius 1 is 1.15 bits per heavy atom. The van der Waals surface area contributed by atoms with Gasteiger partial charge in [-0.2, -0.15) is 10.4 Å². The minimum Gasteiger partial charge on any atom is -0.389 e. The SMILES string of the molecule is COC[C@@]1(O)CC[C@H]2[C@H](CC[C@@H]3[C@@H]2CC[C@@]2(C)[C@H]3CC[C@]2(O)[C@H](C)Cn2cc(C#N)cn2)C1. The van der Waals surface area contributed by atoms with Crippen molar-refractivity contribution in [3.05, 3.63) is 18.0 Å². The number of hydrogen-bond donors (Lipinski definition) is 2. The highest BCUT2D eigenvalue weighted by atomic mass is 16.5. The zero-order valence-electron chi connectivity index (χ0n) is 20.5. The van der Waals surface area contributed by atoms with Gasteiger partial charge in [0.05, 0.1) is 29.6 Å². The third kappa shape index (κ3) is 3.66. The van der Waals surface area contributed by atoms with Crippen molar-refractivity contribution in [3.8, 4) is 6.07 Å². The molecule has 1 aromatic rings. The Labute approximate surface area is 198 Å². The predicted octanol–water partition coefficient (Wildman–Crippen LogP) is 4.15. The summed E-state index contributed by atoms with van der Waals surface area (Å²) in [7, 11) is 1.69. The van der Waals surface area contributed by atoms with Crippen molar-refractivity contribution in [2.24, 2.45) is 40.9 Å². The van der Waals surface area contributed by atoms with Crippen LogP contribution in [0.15, 0.2) is 12.4 Å².